The molecule has 17 nitrogen and oxygen atoms in total. The molecule has 2 aromatic carbocycles. The molecule has 0 bridgehead atoms. The highest BCUT2D eigenvalue weighted by Crippen LogP contribution is 2.30. The number of nitrogens with two attached hydrogens (primary N) is 2. The molecule has 6 N–H and O–H groups in total. The van der Waals surface area contributed by atoms with E-state index in [4.69, 9.17) is 49.4 Å². The summed E-state index contributed by atoms with van der Waals surface area (Å²) < 4.78 is 99.4. The Morgan fingerprint density at radius 3 is 1.76 bits per heavy atom. The summed E-state index contributed by atoms with van der Waals surface area (Å²) >= 11 is 0. The molecule has 0 aromatic heterocycles. The van der Waals surface area contributed by atoms with Gasteiger partial charge in [-0.1, -0.05) is 0 Å². The number of benzene rings is 2. The highest BCUT2D eigenvalue weighted by atomic mass is 32.2. The summed E-state index contributed by atoms with van der Waals surface area (Å²) in [6.45, 7) is 6.34. The number of ether oxygens (including phenoxy) is 8. The Kier molecular flexibility index (Phi) is 23.5. The lowest BCUT2D eigenvalue weighted by Crippen LogP contribution is -2.28. The van der Waals surface area contributed by atoms with E-state index in [-0.39, 0.29) is 67.1 Å². The lowest BCUT2D eigenvalue weighted by Gasteiger charge is -2.11. The van der Waals surface area contributed by atoms with Crippen molar-refractivity contribution in [3.63, 3.8) is 0 Å². The second-order valence-electron chi connectivity index (χ2n) is 11.2. The van der Waals surface area contributed by atoms with E-state index >= 15 is 0 Å². The van der Waals surface area contributed by atoms with Gasteiger partial charge in [-0.2, -0.15) is 4.99 Å². The molecular formula is C35H51F2N5O12S. The summed E-state index contributed by atoms with van der Waals surface area (Å²) in [5.74, 6) is -4.23. The average Bonchev–Trinajstić information content (AvgIpc) is 3.14. The highest BCUT2D eigenvalue weighted by molar-refractivity contribution is 7.89. The number of methoxy groups -OCH3 is 1. The van der Waals surface area contributed by atoms with Gasteiger partial charge in [0.1, 0.15) is 5.75 Å². The summed E-state index contributed by atoms with van der Waals surface area (Å²) in [6.07, 6.45) is 1.43. The maximum Gasteiger partial charge on any atom is 0.275 e. The van der Waals surface area contributed by atoms with Gasteiger partial charge in [-0.05, 0) is 55.0 Å². The molecule has 0 saturated carbocycles. The molecule has 0 unspecified atom stereocenters. The Hall–Kier alpha value is -4.12. The number of hydrogen-bond acceptors (Lipinski definition) is 12. The van der Waals surface area contributed by atoms with Crippen LogP contribution in [0.1, 0.15) is 18.9 Å². The lowest BCUT2D eigenvalue weighted by molar-refractivity contribution is -0.122. The number of rotatable bonds is 30. The Balaban J connectivity index is 1.52. The van der Waals surface area contributed by atoms with Crippen LogP contribution in [0.5, 0.6) is 11.5 Å². The maximum absolute atomic E-state index is 14.7. The highest BCUT2D eigenvalue weighted by Gasteiger charge is 2.17. The molecule has 20 heteroatoms. The van der Waals surface area contributed by atoms with Crippen LogP contribution in [0.2, 0.25) is 0 Å². The SMILES string of the molecule is COCCOCCOCCOCCC(=O)NCCOCCOCCOCCNS(=O)(=O)c1ccc(Oc2c(F)cc(/C=C(\C)C(=O)N=C(N)N)cc2F)cc1. The van der Waals surface area contributed by atoms with Gasteiger partial charge in [0.2, 0.25) is 15.9 Å². The molecule has 0 aliphatic heterocycles. The van der Waals surface area contributed by atoms with Crippen LogP contribution < -0.4 is 26.2 Å². The summed E-state index contributed by atoms with van der Waals surface area (Å²) in [5, 5.41) is 2.74. The predicted octanol–water partition coefficient (Wildman–Crippen LogP) is 1.49. The summed E-state index contributed by atoms with van der Waals surface area (Å²) in [4.78, 5) is 27.0. The number of halogens is 2. The van der Waals surface area contributed by atoms with E-state index in [1.807, 2.05) is 0 Å². The van der Waals surface area contributed by atoms with E-state index in [1.54, 1.807) is 7.11 Å². The number of carbonyl (C=O) groups excluding carboxylic acids is 2. The van der Waals surface area contributed by atoms with Gasteiger partial charge >= 0.3 is 0 Å². The van der Waals surface area contributed by atoms with E-state index < -0.39 is 39.3 Å². The van der Waals surface area contributed by atoms with E-state index in [9.17, 15) is 26.8 Å². The first kappa shape index (κ1) is 47.0. The first-order chi connectivity index (χ1) is 26.4. The molecule has 2 rings (SSSR count). The van der Waals surface area contributed by atoms with Crippen LogP contribution in [-0.2, 0) is 52.8 Å². The molecule has 0 heterocycles. The predicted molar refractivity (Wildman–Crippen MR) is 197 cm³/mol. The zero-order chi connectivity index (χ0) is 40.3. The number of guanidine groups is 1. The van der Waals surface area contributed by atoms with Gasteiger partial charge < -0.3 is 54.7 Å². The third-order valence-corrected chi connectivity index (χ3v) is 8.30. The van der Waals surface area contributed by atoms with Gasteiger partial charge in [0.15, 0.2) is 23.3 Å². The van der Waals surface area contributed by atoms with Crippen molar-refractivity contribution in [2.75, 3.05) is 106 Å². The van der Waals surface area contributed by atoms with Gasteiger partial charge in [0.25, 0.3) is 5.91 Å². The number of hydrogen-bond donors (Lipinski definition) is 4. The number of sulfonamides is 1. The summed E-state index contributed by atoms with van der Waals surface area (Å²) in [7, 11) is -2.30. The van der Waals surface area contributed by atoms with E-state index in [0.29, 0.717) is 66.0 Å². The second kappa shape index (κ2) is 27.5. The van der Waals surface area contributed by atoms with E-state index in [0.717, 1.165) is 12.1 Å². The Bertz CT molecular complexity index is 1590. The quantitative estimate of drug-likeness (QED) is 0.0380. The van der Waals surface area contributed by atoms with E-state index in [1.165, 1.54) is 37.3 Å². The summed E-state index contributed by atoms with van der Waals surface area (Å²) in [5.41, 5.74) is 10.4. The number of carbonyl (C=O) groups is 2. The lowest BCUT2D eigenvalue weighted by atomic mass is 10.1. The van der Waals surface area contributed by atoms with Crippen molar-refractivity contribution >= 4 is 33.9 Å². The van der Waals surface area contributed by atoms with Crippen LogP contribution in [0.3, 0.4) is 0 Å². The van der Waals surface area contributed by atoms with Crippen molar-refractivity contribution in [2.24, 2.45) is 16.5 Å². The topological polar surface area (TPSA) is 231 Å². The second-order valence-corrected chi connectivity index (χ2v) is 13.0. The van der Waals surface area contributed by atoms with Gasteiger partial charge in [0.05, 0.1) is 90.8 Å². The van der Waals surface area contributed by atoms with Crippen LogP contribution in [-0.4, -0.2) is 132 Å². The minimum Gasteiger partial charge on any atom is -0.451 e. The molecule has 0 spiro atoms. The molecule has 2 amide bonds. The minimum absolute atomic E-state index is 0.0178. The van der Waals surface area contributed by atoms with Crippen molar-refractivity contribution < 1.29 is 64.7 Å². The number of nitrogens with one attached hydrogen (secondary N) is 2. The Morgan fingerprint density at radius 2 is 1.24 bits per heavy atom. The summed E-state index contributed by atoms with van der Waals surface area (Å²) in [6, 6.07) is 6.82. The fraction of sp³-hybridized carbons (Fsp3) is 0.514. The van der Waals surface area contributed by atoms with Crippen molar-refractivity contribution in [1.82, 2.24) is 10.0 Å². The van der Waals surface area contributed by atoms with Crippen LogP contribution in [0.25, 0.3) is 6.08 Å². The van der Waals surface area contributed by atoms with E-state index in [2.05, 4.69) is 15.0 Å². The zero-order valence-corrected chi connectivity index (χ0v) is 31.8. The van der Waals surface area contributed by atoms with Gasteiger partial charge in [0, 0.05) is 32.2 Å². The van der Waals surface area contributed by atoms with Crippen molar-refractivity contribution in [1.29, 1.82) is 0 Å². The Labute approximate surface area is 319 Å². The van der Waals surface area contributed by atoms with Gasteiger partial charge in [-0.25, -0.2) is 21.9 Å². The van der Waals surface area contributed by atoms with Crippen LogP contribution in [0.15, 0.2) is 51.9 Å². The normalized spacial score (nSPS) is 11.7. The third kappa shape index (κ3) is 20.9. The van der Waals surface area contributed by atoms with Crippen molar-refractivity contribution in [2.45, 2.75) is 18.2 Å². The van der Waals surface area contributed by atoms with Crippen LogP contribution in [0.4, 0.5) is 8.78 Å². The van der Waals surface area contributed by atoms with Gasteiger partial charge in [-0.15, -0.1) is 0 Å². The standard InChI is InChI=1S/C35H51F2N5O12S/c1-26(34(44)42-35(38)39)23-27-24-30(36)33(31(37)25-27)54-28-3-5-29(6-4-28)55(45,46)41-9-12-50-17-20-53-19-16-49-11-8-40-32(43)7-10-48-15-18-52-22-21-51-14-13-47-2/h3-6,23-25,41H,7-22H2,1-2H3,(H,40,43)(H4,38,39,42,44)/b26-23+. The number of aliphatic imine (C=N–C) groups is 1. The first-order valence-corrected chi connectivity index (χ1v) is 18.7. The Morgan fingerprint density at radius 1 is 0.745 bits per heavy atom. The van der Waals surface area contributed by atoms with Crippen LogP contribution >= 0.6 is 0 Å². The molecular weight excluding hydrogens is 752 g/mol. The van der Waals surface area contributed by atoms with Crippen molar-refractivity contribution in [3.8, 4) is 11.5 Å². The molecule has 308 valence electrons. The monoisotopic (exact) mass is 803 g/mol. The smallest absolute Gasteiger partial charge is 0.275 e. The number of amides is 2. The van der Waals surface area contributed by atoms with Crippen molar-refractivity contribution in [3.05, 3.63) is 59.2 Å². The van der Waals surface area contributed by atoms with Gasteiger partial charge in [-0.3, -0.25) is 9.59 Å². The fourth-order valence-corrected chi connectivity index (χ4v) is 5.17. The molecule has 0 fully saturated rings. The first-order valence-electron chi connectivity index (χ1n) is 17.2. The zero-order valence-electron chi connectivity index (χ0n) is 31.0. The molecule has 0 aliphatic rings. The average molecular weight is 804 g/mol. The molecule has 0 radical (unpaired) electrons. The van der Waals surface area contributed by atoms with Crippen LogP contribution in [0, 0.1) is 11.6 Å². The molecule has 2 aromatic rings. The largest absolute Gasteiger partial charge is 0.451 e. The molecule has 0 aliphatic carbocycles. The maximum atomic E-state index is 14.7. The number of nitrogens with zero attached hydrogens (tertiary/aromatic N) is 1. The molecule has 0 atom stereocenters. The minimum atomic E-state index is -3.91. The fourth-order valence-electron chi connectivity index (χ4n) is 4.16. The molecule has 0 saturated heterocycles. The molecule has 55 heavy (non-hydrogen) atoms. The third-order valence-electron chi connectivity index (χ3n) is 6.83.